The van der Waals surface area contributed by atoms with Crippen molar-refractivity contribution in [2.45, 2.75) is 45.4 Å². The number of benzene rings is 1. The van der Waals surface area contributed by atoms with Gasteiger partial charge >= 0.3 is 0 Å². The predicted molar refractivity (Wildman–Crippen MR) is 96.8 cm³/mol. The van der Waals surface area contributed by atoms with Crippen LogP contribution in [0.4, 0.5) is 0 Å². The Hall–Kier alpha value is -2.09. The van der Waals surface area contributed by atoms with Gasteiger partial charge in [0.15, 0.2) is 0 Å². The molecule has 0 amide bonds. The van der Waals surface area contributed by atoms with Crippen molar-refractivity contribution in [3.05, 3.63) is 58.9 Å². The second kappa shape index (κ2) is 5.52. The summed E-state index contributed by atoms with van der Waals surface area (Å²) < 4.78 is 6.05. The van der Waals surface area contributed by atoms with Crippen LogP contribution in [-0.4, -0.2) is 11.6 Å². The topological polar surface area (TPSA) is 22.1 Å². The molecule has 0 aliphatic carbocycles. The van der Waals surface area contributed by atoms with E-state index in [1.165, 1.54) is 16.7 Å². The lowest BCUT2D eigenvalue weighted by molar-refractivity contribution is 0.286. The highest BCUT2D eigenvalue weighted by atomic mass is 16.5. The van der Waals surface area contributed by atoms with E-state index < -0.39 is 0 Å². The van der Waals surface area contributed by atoms with Crippen LogP contribution in [0.2, 0.25) is 0 Å². The van der Waals surface area contributed by atoms with Crippen LogP contribution < -0.4 is 4.74 Å². The summed E-state index contributed by atoms with van der Waals surface area (Å²) in [5.41, 5.74) is 4.88. The number of nitrogens with zero attached hydrogens (tertiary/aromatic N) is 1. The average Bonchev–Trinajstić information content (AvgIpc) is 2.80. The summed E-state index contributed by atoms with van der Waals surface area (Å²) in [4.78, 5) is 4.35. The van der Waals surface area contributed by atoms with Crippen LogP contribution >= 0.6 is 0 Å². The summed E-state index contributed by atoms with van der Waals surface area (Å²) in [6, 6.07) is 10.5. The highest BCUT2D eigenvalue weighted by molar-refractivity contribution is 5.71. The lowest BCUT2D eigenvalue weighted by Crippen LogP contribution is -2.18. The van der Waals surface area contributed by atoms with E-state index in [0.29, 0.717) is 0 Å². The van der Waals surface area contributed by atoms with Crippen molar-refractivity contribution in [2.24, 2.45) is 0 Å². The molecule has 0 fully saturated rings. The van der Waals surface area contributed by atoms with E-state index in [1.54, 1.807) is 0 Å². The third-order valence-corrected chi connectivity index (χ3v) is 4.36. The third kappa shape index (κ3) is 3.17. The van der Waals surface area contributed by atoms with Gasteiger partial charge in [-0.1, -0.05) is 46.8 Å². The molecule has 1 aliphatic rings. The van der Waals surface area contributed by atoms with Crippen LogP contribution in [0.5, 0.6) is 5.75 Å². The Morgan fingerprint density at radius 3 is 2.57 bits per heavy atom. The van der Waals surface area contributed by atoms with Crippen molar-refractivity contribution < 1.29 is 4.74 Å². The molecule has 23 heavy (non-hydrogen) atoms. The van der Waals surface area contributed by atoms with Gasteiger partial charge in [0, 0.05) is 22.7 Å². The monoisotopic (exact) mass is 307 g/mol. The zero-order valence-electron chi connectivity index (χ0n) is 14.7. The van der Waals surface area contributed by atoms with Gasteiger partial charge in [0.1, 0.15) is 5.75 Å². The minimum Gasteiger partial charge on any atom is -0.492 e. The van der Waals surface area contributed by atoms with E-state index in [9.17, 15) is 0 Å². The van der Waals surface area contributed by atoms with Crippen LogP contribution in [0.25, 0.3) is 12.2 Å². The molecule has 2 nitrogen and oxygen atoms in total. The first-order valence-corrected chi connectivity index (χ1v) is 8.18. The minimum absolute atomic E-state index is 0.0549. The fourth-order valence-electron chi connectivity index (χ4n) is 2.95. The molecule has 0 spiro atoms. The maximum Gasteiger partial charge on any atom is 0.126 e. The normalized spacial score (nSPS) is 16.4. The maximum absolute atomic E-state index is 6.05. The molecule has 0 atom stereocenters. The van der Waals surface area contributed by atoms with Gasteiger partial charge in [0.2, 0.25) is 0 Å². The van der Waals surface area contributed by atoms with Crippen LogP contribution in [-0.2, 0) is 10.8 Å². The van der Waals surface area contributed by atoms with Gasteiger partial charge < -0.3 is 4.74 Å². The predicted octanol–water partition coefficient (Wildman–Crippen LogP) is 5.22. The smallest absolute Gasteiger partial charge is 0.126 e. The largest absolute Gasteiger partial charge is 0.492 e. The van der Waals surface area contributed by atoms with E-state index in [2.05, 4.69) is 63.9 Å². The van der Waals surface area contributed by atoms with E-state index in [1.807, 2.05) is 24.4 Å². The Kier molecular flexibility index (Phi) is 3.79. The van der Waals surface area contributed by atoms with Gasteiger partial charge in [-0.25, -0.2) is 0 Å². The standard InChI is InChI=1S/C21H25NO/c1-20(2,3)17-12-15(9-10-16-8-6-7-11-22-16)13-18-19(17)23-14-21(18,4)5/h6-13H,14H2,1-5H3/b10-9-. The summed E-state index contributed by atoms with van der Waals surface area (Å²) in [6.07, 6.45) is 6.03. The van der Waals surface area contributed by atoms with E-state index in [-0.39, 0.29) is 10.8 Å². The summed E-state index contributed by atoms with van der Waals surface area (Å²) in [6.45, 7) is 12.0. The number of pyridine rings is 1. The summed E-state index contributed by atoms with van der Waals surface area (Å²) in [7, 11) is 0. The van der Waals surface area contributed by atoms with E-state index in [4.69, 9.17) is 4.74 Å². The number of aromatic nitrogens is 1. The fraction of sp³-hybridized carbons (Fsp3) is 0.381. The number of hydrogen-bond acceptors (Lipinski definition) is 2. The van der Waals surface area contributed by atoms with E-state index in [0.717, 1.165) is 18.1 Å². The van der Waals surface area contributed by atoms with E-state index >= 15 is 0 Å². The molecule has 2 heteroatoms. The molecule has 1 aromatic heterocycles. The molecule has 0 saturated heterocycles. The molecule has 3 rings (SSSR count). The Bertz CT molecular complexity index is 736. The molecule has 0 bridgehead atoms. The fourth-order valence-corrected chi connectivity index (χ4v) is 2.95. The summed E-state index contributed by atoms with van der Waals surface area (Å²) >= 11 is 0. The molecule has 1 aliphatic heterocycles. The highest BCUT2D eigenvalue weighted by Crippen LogP contribution is 2.45. The van der Waals surface area contributed by atoms with Crippen molar-refractivity contribution in [1.29, 1.82) is 0 Å². The number of fused-ring (bicyclic) bond motifs is 1. The summed E-state index contributed by atoms with van der Waals surface area (Å²) in [5, 5.41) is 0. The first kappa shape index (κ1) is 15.8. The second-order valence-corrected chi connectivity index (χ2v) is 7.96. The van der Waals surface area contributed by atoms with Crippen molar-refractivity contribution in [3.63, 3.8) is 0 Å². The second-order valence-electron chi connectivity index (χ2n) is 7.96. The van der Waals surface area contributed by atoms with Crippen molar-refractivity contribution in [3.8, 4) is 5.75 Å². The van der Waals surface area contributed by atoms with Gasteiger partial charge in [0.25, 0.3) is 0 Å². The molecule has 0 N–H and O–H groups in total. The quantitative estimate of drug-likeness (QED) is 0.759. The van der Waals surface area contributed by atoms with Crippen LogP contribution in [0, 0.1) is 0 Å². The van der Waals surface area contributed by atoms with Crippen molar-refractivity contribution in [2.75, 3.05) is 6.61 Å². The average molecular weight is 307 g/mol. The van der Waals surface area contributed by atoms with Gasteiger partial charge in [-0.2, -0.15) is 0 Å². The van der Waals surface area contributed by atoms with Crippen LogP contribution in [0.3, 0.4) is 0 Å². The number of rotatable bonds is 2. The molecule has 0 unspecified atom stereocenters. The number of ether oxygens (including phenoxy) is 1. The molecule has 2 heterocycles. The molecule has 0 saturated carbocycles. The minimum atomic E-state index is 0.0549. The molecule has 1 aromatic carbocycles. The van der Waals surface area contributed by atoms with Gasteiger partial charge in [-0.15, -0.1) is 0 Å². The maximum atomic E-state index is 6.05. The van der Waals surface area contributed by atoms with Crippen molar-refractivity contribution >= 4 is 12.2 Å². The molecule has 2 aromatic rings. The first-order valence-electron chi connectivity index (χ1n) is 8.18. The molecule has 120 valence electrons. The Labute approximate surface area is 139 Å². The molecule has 0 radical (unpaired) electrons. The molecular formula is C21H25NO. The summed E-state index contributed by atoms with van der Waals surface area (Å²) in [5.74, 6) is 1.08. The number of hydrogen-bond donors (Lipinski definition) is 0. The Balaban J connectivity index is 2.07. The zero-order valence-corrected chi connectivity index (χ0v) is 14.7. The zero-order chi connectivity index (χ0) is 16.7. The van der Waals surface area contributed by atoms with Crippen molar-refractivity contribution in [1.82, 2.24) is 4.98 Å². The van der Waals surface area contributed by atoms with Gasteiger partial charge in [-0.05, 0) is 41.3 Å². The third-order valence-electron chi connectivity index (χ3n) is 4.36. The Morgan fingerprint density at radius 1 is 1.13 bits per heavy atom. The molecular weight excluding hydrogens is 282 g/mol. The van der Waals surface area contributed by atoms with Crippen LogP contribution in [0.1, 0.15) is 57.0 Å². The van der Waals surface area contributed by atoms with Crippen LogP contribution in [0.15, 0.2) is 36.5 Å². The SMILES string of the molecule is CC(C)(C)c1cc(/C=C\c2ccccn2)cc2c1OCC2(C)C. The first-order chi connectivity index (χ1) is 10.8. The lowest BCUT2D eigenvalue weighted by Gasteiger charge is -2.23. The lowest BCUT2D eigenvalue weighted by atomic mass is 9.79. The highest BCUT2D eigenvalue weighted by Gasteiger charge is 2.36. The van der Waals surface area contributed by atoms with Gasteiger partial charge in [0.05, 0.1) is 12.3 Å². The van der Waals surface area contributed by atoms with Gasteiger partial charge in [-0.3, -0.25) is 4.98 Å². The Morgan fingerprint density at radius 2 is 1.91 bits per heavy atom.